The Hall–Kier alpha value is -1.91. The lowest BCUT2D eigenvalue weighted by atomic mass is 10.0. The van der Waals surface area contributed by atoms with Crippen LogP contribution < -0.4 is 14.2 Å². The number of para-hydroxylation sites is 2. The SMILES string of the molecule is COc1ccc(Cl)cc1C(O)C1COc2ccccc2O1. The van der Waals surface area contributed by atoms with Crippen molar-refractivity contribution in [3.8, 4) is 17.2 Å². The van der Waals surface area contributed by atoms with Gasteiger partial charge in [-0.05, 0) is 30.3 Å². The van der Waals surface area contributed by atoms with Crippen LogP contribution in [0.15, 0.2) is 42.5 Å². The second-order valence-electron chi connectivity index (χ2n) is 4.75. The zero-order chi connectivity index (χ0) is 14.8. The number of fused-ring (bicyclic) bond motifs is 1. The van der Waals surface area contributed by atoms with Gasteiger partial charge in [0.1, 0.15) is 18.5 Å². The van der Waals surface area contributed by atoms with Crippen LogP contribution >= 0.6 is 11.6 Å². The maximum absolute atomic E-state index is 10.6. The molecule has 0 aliphatic carbocycles. The third kappa shape index (κ3) is 2.77. The van der Waals surface area contributed by atoms with Crippen molar-refractivity contribution in [3.63, 3.8) is 0 Å². The first kappa shape index (κ1) is 14.0. The fourth-order valence-corrected chi connectivity index (χ4v) is 2.51. The number of hydrogen-bond donors (Lipinski definition) is 1. The van der Waals surface area contributed by atoms with Crippen LogP contribution in [0.3, 0.4) is 0 Å². The molecule has 1 aliphatic rings. The maximum atomic E-state index is 10.6. The van der Waals surface area contributed by atoms with E-state index in [4.69, 9.17) is 25.8 Å². The van der Waals surface area contributed by atoms with Crippen molar-refractivity contribution in [3.05, 3.63) is 53.1 Å². The third-order valence-corrected chi connectivity index (χ3v) is 3.63. The van der Waals surface area contributed by atoms with Crippen molar-refractivity contribution in [2.75, 3.05) is 13.7 Å². The molecule has 3 rings (SSSR count). The van der Waals surface area contributed by atoms with Gasteiger partial charge in [0.15, 0.2) is 17.6 Å². The first-order valence-electron chi connectivity index (χ1n) is 6.59. The van der Waals surface area contributed by atoms with E-state index in [0.717, 1.165) is 0 Å². The highest BCUT2D eigenvalue weighted by Crippen LogP contribution is 2.37. The molecule has 0 saturated heterocycles. The molecule has 0 aromatic heterocycles. The second kappa shape index (κ2) is 5.84. The number of halogens is 1. The number of methoxy groups -OCH3 is 1. The van der Waals surface area contributed by atoms with Crippen LogP contribution in [0.1, 0.15) is 11.7 Å². The highest BCUT2D eigenvalue weighted by molar-refractivity contribution is 6.30. The average molecular weight is 307 g/mol. The van der Waals surface area contributed by atoms with Crippen molar-refractivity contribution in [1.29, 1.82) is 0 Å². The topological polar surface area (TPSA) is 47.9 Å². The molecular formula is C16H15ClO4. The van der Waals surface area contributed by atoms with Gasteiger partial charge >= 0.3 is 0 Å². The van der Waals surface area contributed by atoms with Crippen LogP contribution in [0, 0.1) is 0 Å². The molecule has 0 bridgehead atoms. The molecule has 1 aliphatic heterocycles. The van der Waals surface area contributed by atoms with Gasteiger partial charge in [-0.3, -0.25) is 0 Å². The van der Waals surface area contributed by atoms with E-state index in [1.165, 1.54) is 0 Å². The number of aliphatic hydroxyl groups excluding tert-OH is 1. The van der Waals surface area contributed by atoms with Crippen LogP contribution in [-0.2, 0) is 0 Å². The maximum Gasteiger partial charge on any atom is 0.163 e. The van der Waals surface area contributed by atoms with Crippen LogP contribution in [0.5, 0.6) is 17.2 Å². The normalized spacial score (nSPS) is 18.1. The summed E-state index contributed by atoms with van der Waals surface area (Å²) in [5.41, 5.74) is 0.581. The third-order valence-electron chi connectivity index (χ3n) is 3.39. The first-order chi connectivity index (χ1) is 10.2. The fraction of sp³-hybridized carbons (Fsp3) is 0.250. The molecule has 2 unspecified atom stereocenters. The van der Waals surface area contributed by atoms with E-state index in [1.807, 2.05) is 24.3 Å². The summed E-state index contributed by atoms with van der Waals surface area (Å²) in [5.74, 6) is 1.86. The minimum Gasteiger partial charge on any atom is -0.496 e. The second-order valence-corrected chi connectivity index (χ2v) is 5.18. The van der Waals surface area contributed by atoms with Gasteiger partial charge in [-0.25, -0.2) is 0 Å². The van der Waals surface area contributed by atoms with Crippen LogP contribution in [0.25, 0.3) is 0 Å². The Kier molecular flexibility index (Phi) is 3.90. The van der Waals surface area contributed by atoms with E-state index >= 15 is 0 Å². The highest BCUT2D eigenvalue weighted by atomic mass is 35.5. The predicted molar refractivity (Wildman–Crippen MR) is 79.3 cm³/mol. The number of rotatable bonds is 3. The summed E-state index contributed by atoms with van der Waals surface area (Å²) < 4.78 is 16.7. The van der Waals surface area contributed by atoms with Gasteiger partial charge in [-0.15, -0.1) is 0 Å². The van der Waals surface area contributed by atoms with Gasteiger partial charge in [-0.1, -0.05) is 23.7 Å². The van der Waals surface area contributed by atoms with Gasteiger partial charge in [0.25, 0.3) is 0 Å². The lowest BCUT2D eigenvalue weighted by Gasteiger charge is -2.30. The molecule has 1 heterocycles. The molecule has 2 atom stereocenters. The quantitative estimate of drug-likeness (QED) is 0.946. The number of benzene rings is 2. The summed E-state index contributed by atoms with van der Waals surface area (Å²) in [5, 5.41) is 11.1. The van der Waals surface area contributed by atoms with E-state index in [0.29, 0.717) is 27.8 Å². The lowest BCUT2D eigenvalue weighted by Crippen LogP contribution is -2.35. The van der Waals surface area contributed by atoms with E-state index in [1.54, 1.807) is 25.3 Å². The Bertz CT molecular complexity index is 644. The van der Waals surface area contributed by atoms with Crippen LogP contribution in [0.4, 0.5) is 0 Å². The Labute approximate surface area is 127 Å². The summed E-state index contributed by atoms with van der Waals surface area (Å²) in [4.78, 5) is 0. The van der Waals surface area contributed by atoms with Crippen LogP contribution in [-0.4, -0.2) is 24.9 Å². The molecule has 0 fully saturated rings. The molecule has 0 radical (unpaired) electrons. The van der Waals surface area contributed by atoms with Gasteiger partial charge in [0, 0.05) is 10.6 Å². The summed E-state index contributed by atoms with van der Waals surface area (Å²) in [6.45, 7) is 0.258. The number of hydrogen-bond acceptors (Lipinski definition) is 4. The molecular weight excluding hydrogens is 292 g/mol. The van der Waals surface area contributed by atoms with Gasteiger partial charge in [0.05, 0.1) is 7.11 Å². The molecule has 5 heteroatoms. The Morgan fingerprint density at radius 3 is 2.76 bits per heavy atom. The van der Waals surface area contributed by atoms with E-state index in [9.17, 15) is 5.11 Å². The monoisotopic (exact) mass is 306 g/mol. The molecule has 2 aromatic carbocycles. The first-order valence-corrected chi connectivity index (χ1v) is 6.97. The van der Waals surface area contributed by atoms with Gasteiger partial charge in [-0.2, -0.15) is 0 Å². The molecule has 0 saturated carbocycles. The fourth-order valence-electron chi connectivity index (χ4n) is 2.33. The summed E-state index contributed by atoms with van der Waals surface area (Å²) in [6.07, 6.45) is -1.42. The Balaban J connectivity index is 1.87. The Morgan fingerprint density at radius 1 is 1.24 bits per heavy atom. The van der Waals surface area contributed by atoms with E-state index in [2.05, 4.69) is 0 Å². The minimum absolute atomic E-state index is 0.258. The summed E-state index contributed by atoms with van der Waals surface area (Å²) in [6, 6.07) is 12.5. The summed E-state index contributed by atoms with van der Waals surface area (Å²) >= 11 is 6.00. The summed E-state index contributed by atoms with van der Waals surface area (Å²) in [7, 11) is 1.55. The van der Waals surface area contributed by atoms with Gasteiger partial charge < -0.3 is 19.3 Å². The number of aliphatic hydroxyl groups is 1. The van der Waals surface area contributed by atoms with Crippen molar-refractivity contribution >= 4 is 11.6 Å². The van der Waals surface area contributed by atoms with Gasteiger partial charge in [0.2, 0.25) is 0 Å². The smallest absolute Gasteiger partial charge is 0.163 e. The zero-order valence-corrected chi connectivity index (χ0v) is 12.2. The average Bonchev–Trinajstić information content (AvgIpc) is 2.53. The van der Waals surface area contributed by atoms with Crippen molar-refractivity contribution in [2.24, 2.45) is 0 Å². The zero-order valence-electron chi connectivity index (χ0n) is 11.5. The highest BCUT2D eigenvalue weighted by Gasteiger charge is 2.30. The lowest BCUT2D eigenvalue weighted by molar-refractivity contribution is -0.0122. The predicted octanol–water partition coefficient (Wildman–Crippen LogP) is 3.22. The van der Waals surface area contributed by atoms with E-state index < -0.39 is 12.2 Å². The van der Waals surface area contributed by atoms with Crippen molar-refractivity contribution in [2.45, 2.75) is 12.2 Å². The molecule has 1 N–H and O–H groups in total. The van der Waals surface area contributed by atoms with Crippen molar-refractivity contribution < 1.29 is 19.3 Å². The standard InChI is InChI=1S/C16H15ClO4/c1-19-12-7-6-10(17)8-11(12)16(18)15-9-20-13-4-2-3-5-14(13)21-15/h2-8,15-16,18H,9H2,1H3. The Morgan fingerprint density at radius 2 is 2.00 bits per heavy atom. The van der Waals surface area contributed by atoms with Crippen LogP contribution in [0.2, 0.25) is 5.02 Å². The molecule has 4 nitrogen and oxygen atoms in total. The number of ether oxygens (including phenoxy) is 3. The molecule has 0 amide bonds. The molecule has 21 heavy (non-hydrogen) atoms. The molecule has 2 aromatic rings. The molecule has 110 valence electrons. The largest absolute Gasteiger partial charge is 0.496 e. The minimum atomic E-state index is -0.896. The van der Waals surface area contributed by atoms with Crippen molar-refractivity contribution in [1.82, 2.24) is 0 Å². The molecule has 0 spiro atoms. The van der Waals surface area contributed by atoms with E-state index in [-0.39, 0.29) is 6.61 Å².